The summed E-state index contributed by atoms with van der Waals surface area (Å²) in [6, 6.07) is 79.9. The summed E-state index contributed by atoms with van der Waals surface area (Å²) >= 11 is 0. The van der Waals surface area contributed by atoms with Gasteiger partial charge in [0.15, 0.2) is 0 Å². The van der Waals surface area contributed by atoms with Gasteiger partial charge in [0.05, 0.1) is 0 Å². The van der Waals surface area contributed by atoms with E-state index in [4.69, 9.17) is 4.42 Å². The summed E-state index contributed by atoms with van der Waals surface area (Å²) in [5.74, 6) is 0. The molecule has 1 heterocycles. The van der Waals surface area contributed by atoms with Crippen molar-refractivity contribution >= 4 is 86.6 Å². The van der Waals surface area contributed by atoms with E-state index < -0.39 is 0 Å². The van der Waals surface area contributed by atoms with Crippen molar-refractivity contribution in [3.63, 3.8) is 0 Å². The van der Waals surface area contributed by atoms with E-state index in [1.807, 2.05) is 0 Å². The van der Waals surface area contributed by atoms with Gasteiger partial charge in [-0.05, 0) is 127 Å². The average Bonchev–Trinajstić information content (AvgIpc) is 3.70. The van der Waals surface area contributed by atoms with E-state index in [9.17, 15) is 0 Å². The molecule has 61 heavy (non-hydrogen) atoms. The standard InChI is InChI=1S/C60H36O/c1-3-20-40-37(16-1)18-13-30-42(40)57-46-24-7-5-22-44(46)56(45-23-6-8-25-47(45)57)39-34-35-52-55(36-39)61-54-33-15-32-53(60(52)54)59-50-28-11-9-26-48(50)58(49-27-10-12-29-51(49)59)43-31-14-19-38-17-2-4-21-41(38)43/h1-36H. The summed E-state index contributed by atoms with van der Waals surface area (Å²) in [7, 11) is 0. The van der Waals surface area contributed by atoms with Crippen molar-refractivity contribution < 1.29 is 4.42 Å². The van der Waals surface area contributed by atoms with Gasteiger partial charge < -0.3 is 4.42 Å². The Hall–Kier alpha value is -8.00. The fourth-order valence-electron chi connectivity index (χ4n) is 10.5. The highest BCUT2D eigenvalue weighted by molar-refractivity contribution is 6.28. The Balaban J connectivity index is 1.06. The Morgan fingerprint density at radius 1 is 0.230 bits per heavy atom. The highest BCUT2D eigenvalue weighted by Crippen LogP contribution is 2.50. The number of rotatable bonds is 4. The van der Waals surface area contributed by atoms with Gasteiger partial charge in [-0.15, -0.1) is 0 Å². The van der Waals surface area contributed by atoms with E-state index in [1.165, 1.54) is 104 Å². The fraction of sp³-hybridized carbons (Fsp3) is 0. The summed E-state index contributed by atoms with van der Waals surface area (Å²) in [6.07, 6.45) is 0. The minimum absolute atomic E-state index is 0.882. The molecule has 0 atom stereocenters. The number of hydrogen-bond acceptors (Lipinski definition) is 1. The number of benzene rings is 12. The van der Waals surface area contributed by atoms with E-state index in [-0.39, 0.29) is 0 Å². The first kappa shape index (κ1) is 33.9. The summed E-state index contributed by atoms with van der Waals surface area (Å²) in [6.45, 7) is 0. The lowest BCUT2D eigenvalue weighted by molar-refractivity contribution is 0.669. The van der Waals surface area contributed by atoms with Gasteiger partial charge in [0.25, 0.3) is 0 Å². The van der Waals surface area contributed by atoms with E-state index in [0.29, 0.717) is 0 Å². The van der Waals surface area contributed by atoms with Crippen LogP contribution < -0.4 is 0 Å². The number of furan rings is 1. The molecule has 0 N–H and O–H groups in total. The first-order valence-corrected chi connectivity index (χ1v) is 21.1. The largest absolute Gasteiger partial charge is 0.456 e. The van der Waals surface area contributed by atoms with Crippen LogP contribution in [0.3, 0.4) is 0 Å². The van der Waals surface area contributed by atoms with E-state index in [2.05, 4.69) is 218 Å². The maximum absolute atomic E-state index is 6.91. The van der Waals surface area contributed by atoms with Crippen molar-refractivity contribution in [1.29, 1.82) is 0 Å². The monoisotopic (exact) mass is 772 g/mol. The van der Waals surface area contributed by atoms with E-state index >= 15 is 0 Å². The molecule has 0 aliphatic heterocycles. The Labute approximate surface area is 352 Å². The zero-order chi connectivity index (χ0) is 40.0. The molecule has 0 amide bonds. The Morgan fingerprint density at radius 2 is 0.590 bits per heavy atom. The molecule has 0 saturated carbocycles. The minimum Gasteiger partial charge on any atom is -0.456 e. The summed E-state index contributed by atoms with van der Waals surface area (Å²) in [4.78, 5) is 0. The van der Waals surface area contributed by atoms with Crippen LogP contribution in [0.15, 0.2) is 223 Å². The molecule has 1 aromatic heterocycles. The molecular formula is C60H36O. The lowest BCUT2D eigenvalue weighted by atomic mass is 9.83. The average molecular weight is 773 g/mol. The van der Waals surface area contributed by atoms with Crippen LogP contribution in [0, 0.1) is 0 Å². The maximum Gasteiger partial charge on any atom is 0.136 e. The SMILES string of the molecule is c1ccc2c(-c3c4ccccc4c(-c4ccc5c(c4)oc4cccc(-c6c7ccccc7c(-c7cccc8ccccc78)c7ccccc67)c45)c4ccccc34)cccc2c1. The number of fused-ring (bicyclic) bond motifs is 9. The molecule has 1 nitrogen and oxygen atoms in total. The highest BCUT2D eigenvalue weighted by Gasteiger charge is 2.23. The van der Waals surface area contributed by atoms with E-state index in [0.717, 1.165) is 27.5 Å². The molecule has 0 bridgehead atoms. The highest BCUT2D eigenvalue weighted by atomic mass is 16.3. The second-order valence-electron chi connectivity index (χ2n) is 16.2. The van der Waals surface area contributed by atoms with Gasteiger partial charge in [-0.1, -0.05) is 200 Å². The first-order valence-electron chi connectivity index (χ1n) is 21.1. The van der Waals surface area contributed by atoms with Gasteiger partial charge in [-0.2, -0.15) is 0 Å². The summed E-state index contributed by atoms with van der Waals surface area (Å²) in [5.41, 5.74) is 11.6. The molecular weight excluding hydrogens is 737 g/mol. The molecule has 0 radical (unpaired) electrons. The fourth-order valence-corrected chi connectivity index (χ4v) is 10.5. The predicted octanol–water partition coefficient (Wildman–Crippen LogP) is 17.2. The molecule has 0 fully saturated rings. The molecule has 12 aromatic carbocycles. The van der Waals surface area contributed by atoms with E-state index in [1.54, 1.807) is 0 Å². The quantitative estimate of drug-likeness (QED) is 0.162. The zero-order valence-corrected chi connectivity index (χ0v) is 33.2. The lowest BCUT2D eigenvalue weighted by Crippen LogP contribution is -1.92. The van der Waals surface area contributed by atoms with Gasteiger partial charge in [0.2, 0.25) is 0 Å². The van der Waals surface area contributed by atoms with Crippen molar-refractivity contribution in [2.75, 3.05) is 0 Å². The Bertz CT molecular complexity index is 3820. The Kier molecular flexibility index (Phi) is 7.37. The predicted molar refractivity (Wildman–Crippen MR) is 260 cm³/mol. The van der Waals surface area contributed by atoms with Crippen LogP contribution in [-0.4, -0.2) is 0 Å². The van der Waals surface area contributed by atoms with Crippen molar-refractivity contribution in [2.24, 2.45) is 0 Å². The summed E-state index contributed by atoms with van der Waals surface area (Å²) in [5, 5.41) is 17.1. The van der Waals surface area contributed by atoms with Crippen molar-refractivity contribution in [3.05, 3.63) is 218 Å². The van der Waals surface area contributed by atoms with Crippen LogP contribution in [0.5, 0.6) is 0 Å². The first-order chi connectivity index (χ1) is 30.3. The molecule has 282 valence electrons. The van der Waals surface area contributed by atoms with Gasteiger partial charge in [-0.3, -0.25) is 0 Å². The van der Waals surface area contributed by atoms with Crippen LogP contribution in [0.25, 0.3) is 131 Å². The van der Waals surface area contributed by atoms with Crippen LogP contribution in [0.2, 0.25) is 0 Å². The third kappa shape index (κ3) is 5.02. The molecule has 0 aliphatic rings. The van der Waals surface area contributed by atoms with Gasteiger partial charge in [-0.25, -0.2) is 0 Å². The molecule has 13 rings (SSSR count). The topological polar surface area (TPSA) is 13.1 Å². The zero-order valence-electron chi connectivity index (χ0n) is 33.2. The third-order valence-electron chi connectivity index (χ3n) is 13.0. The van der Waals surface area contributed by atoms with Gasteiger partial charge in [0, 0.05) is 10.8 Å². The molecule has 0 saturated heterocycles. The second-order valence-corrected chi connectivity index (χ2v) is 16.2. The normalized spacial score (nSPS) is 11.9. The van der Waals surface area contributed by atoms with Crippen LogP contribution >= 0.6 is 0 Å². The van der Waals surface area contributed by atoms with Crippen molar-refractivity contribution in [1.82, 2.24) is 0 Å². The van der Waals surface area contributed by atoms with Crippen molar-refractivity contribution in [2.45, 2.75) is 0 Å². The number of hydrogen-bond donors (Lipinski definition) is 0. The van der Waals surface area contributed by atoms with Crippen LogP contribution in [-0.2, 0) is 0 Å². The maximum atomic E-state index is 6.91. The molecule has 0 spiro atoms. The molecule has 0 aliphatic carbocycles. The van der Waals surface area contributed by atoms with Crippen molar-refractivity contribution in [3.8, 4) is 44.5 Å². The smallest absolute Gasteiger partial charge is 0.136 e. The van der Waals surface area contributed by atoms with Gasteiger partial charge in [0.1, 0.15) is 11.2 Å². The third-order valence-corrected chi connectivity index (χ3v) is 13.0. The van der Waals surface area contributed by atoms with Crippen LogP contribution in [0.1, 0.15) is 0 Å². The van der Waals surface area contributed by atoms with Gasteiger partial charge >= 0.3 is 0 Å². The minimum atomic E-state index is 0.882. The molecule has 1 heteroatoms. The summed E-state index contributed by atoms with van der Waals surface area (Å²) < 4.78 is 6.91. The lowest BCUT2D eigenvalue weighted by Gasteiger charge is -2.19. The second kappa shape index (κ2) is 13.3. The molecule has 0 unspecified atom stereocenters. The Morgan fingerprint density at radius 3 is 1.07 bits per heavy atom. The molecule has 13 aromatic rings. The van der Waals surface area contributed by atoms with Crippen LogP contribution in [0.4, 0.5) is 0 Å².